The summed E-state index contributed by atoms with van der Waals surface area (Å²) in [7, 11) is 0. The Morgan fingerprint density at radius 2 is 1.58 bits per heavy atom. The molecule has 0 N–H and O–H groups in total. The zero-order valence-electron chi connectivity index (χ0n) is 17.3. The third-order valence-corrected chi connectivity index (χ3v) is 4.93. The predicted molar refractivity (Wildman–Crippen MR) is 122 cm³/mol. The summed E-state index contributed by atoms with van der Waals surface area (Å²) in [6.07, 6.45) is 0.613. The average molecular weight is 483 g/mol. The van der Waals surface area contributed by atoms with Gasteiger partial charge in [0.25, 0.3) is 0 Å². The highest BCUT2D eigenvalue weighted by Crippen LogP contribution is 2.28. The number of esters is 2. The molecule has 0 aromatic heterocycles. The van der Waals surface area contributed by atoms with Gasteiger partial charge in [-0.25, -0.2) is 9.59 Å². The molecule has 0 aliphatic rings. The lowest BCUT2D eigenvalue weighted by molar-refractivity contribution is 0.0504. The molecule has 0 heterocycles. The van der Waals surface area contributed by atoms with Gasteiger partial charge in [0, 0.05) is 6.42 Å². The number of halogens is 1. The summed E-state index contributed by atoms with van der Waals surface area (Å²) in [5, 5.41) is 0. The van der Waals surface area contributed by atoms with Crippen LogP contribution in [0.25, 0.3) is 0 Å². The highest BCUT2D eigenvalue weighted by atomic mass is 79.9. The molecule has 0 saturated carbocycles. The van der Waals surface area contributed by atoms with E-state index in [1.54, 1.807) is 42.5 Å². The summed E-state index contributed by atoms with van der Waals surface area (Å²) >= 11 is 3.41. The first-order valence-corrected chi connectivity index (χ1v) is 10.7. The highest BCUT2D eigenvalue weighted by molar-refractivity contribution is 9.10. The van der Waals surface area contributed by atoms with Crippen LogP contribution in [0.3, 0.4) is 0 Å². The molecule has 0 saturated heterocycles. The molecule has 0 aliphatic heterocycles. The molecule has 0 aliphatic carbocycles. The molecule has 0 spiro atoms. The van der Waals surface area contributed by atoms with Crippen LogP contribution >= 0.6 is 15.9 Å². The fourth-order valence-electron chi connectivity index (χ4n) is 2.84. The van der Waals surface area contributed by atoms with Crippen LogP contribution in [0.15, 0.2) is 77.3 Å². The first-order valence-electron chi connectivity index (χ1n) is 9.92. The number of hydrogen-bond acceptors (Lipinski definition) is 5. The van der Waals surface area contributed by atoms with E-state index < -0.39 is 11.9 Å². The maximum absolute atomic E-state index is 12.6. The SMILES string of the molecule is CC(C)Oc1ccc(C(=O)Oc2ccccc2C(=O)OCCc2ccccc2)cc1Br. The van der Waals surface area contributed by atoms with E-state index in [-0.39, 0.29) is 24.0 Å². The van der Waals surface area contributed by atoms with Crippen molar-refractivity contribution in [2.75, 3.05) is 6.61 Å². The van der Waals surface area contributed by atoms with E-state index in [0.29, 0.717) is 22.2 Å². The maximum atomic E-state index is 12.6. The van der Waals surface area contributed by atoms with Crippen molar-refractivity contribution >= 4 is 27.9 Å². The van der Waals surface area contributed by atoms with Crippen LogP contribution in [0.5, 0.6) is 11.5 Å². The molecular weight excluding hydrogens is 460 g/mol. The summed E-state index contributed by atoms with van der Waals surface area (Å²) in [5.74, 6) is -0.340. The number of ether oxygens (including phenoxy) is 3. The topological polar surface area (TPSA) is 61.8 Å². The number of benzene rings is 3. The van der Waals surface area contributed by atoms with Gasteiger partial charge in [0.2, 0.25) is 0 Å². The second-order valence-corrected chi connectivity index (χ2v) is 7.92. The number of carbonyl (C=O) groups is 2. The van der Waals surface area contributed by atoms with Crippen molar-refractivity contribution in [2.45, 2.75) is 26.4 Å². The van der Waals surface area contributed by atoms with Crippen molar-refractivity contribution in [1.82, 2.24) is 0 Å². The molecule has 0 radical (unpaired) electrons. The van der Waals surface area contributed by atoms with Gasteiger partial charge < -0.3 is 14.2 Å². The first kappa shape index (κ1) is 22.6. The van der Waals surface area contributed by atoms with E-state index in [9.17, 15) is 9.59 Å². The van der Waals surface area contributed by atoms with Crippen molar-refractivity contribution in [3.05, 3.63) is 94.0 Å². The van der Waals surface area contributed by atoms with Crippen LogP contribution in [0.4, 0.5) is 0 Å². The van der Waals surface area contributed by atoms with Gasteiger partial charge in [-0.05, 0) is 65.7 Å². The number of rotatable bonds is 8. The van der Waals surface area contributed by atoms with Gasteiger partial charge in [0.15, 0.2) is 0 Å². The standard InChI is InChI=1S/C25H23BrO5/c1-17(2)30-23-13-12-19(16-21(23)26)24(27)31-22-11-7-6-10-20(22)25(28)29-15-14-18-8-4-3-5-9-18/h3-13,16-17H,14-15H2,1-2H3. The number of para-hydroxylation sites is 1. The van der Waals surface area contributed by atoms with Crippen LogP contribution in [0.2, 0.25) is 0 Å². The zero-order valence-corrected chi connectivity index (χ0v) is 18.9. The number of carbonyl (C=O) groups excluding carboxylic acids is 2. The fourth-order valence-corrected chi connectivity index (χ4v) is 3.32. The Morgan fingerprint density at radius 1 is 0.871 bits per heavy atom. The van der Waals surface area contributed by atoms with Crippen molar-refractivity contribution < 1.29 is 23.8 Å². The van der Waals surface area contributed by atoms with Gasteiger partial charge in [-0.1, -0.05) is 42.5 Å². The summed E-state index contributed by atoms with van der Waals surface area (Å²) in [4.78, 5) is 25.2. The second kappa shape index (κ2) is 10.8. The summed E-state index contributed by atoms with van der Waals surface area (Å²) in [6.45, 7) is 4.07. The maximum Gasteiger partial charge on any atom is 0.343 e. The lowest BCUT2D eigenvalue weighted by atomic mass is 10.1. The first-order chi connectivity index (χ1) is 14.9. The van der Waals surface area contributed by atoms with Crippen molar-refractivity contribution in [1.29, 1.82) is 0 Å². The molecule has 31 heavy (non-hydrogen) atoms. The van der Waals surface area contributed by atoms with E-state index in [0.717, 1.165) is 5.56 Å². The molecule has 3 aromatic rings. The molecule has 0 atom stereocenters. The Morgan fingerprint density at radius 3 is 2.29 bits per heavy atom. The van der Waals surface area contributed by atoms with E-state index in [2.05, 4.69) is 15.9 Å². The fraction of sp³-hybridized carbons (Fsp3) is 0.200. The van der Waals surface area contributed by atoms with Gasteiger partial charge in [0.05, 0.1) is 22.7 Å². The lowest BCUT2D eigenvalue weighted by Gasteiger charge is -2.13. The van der Waals surface area contributed by atoms with Crippen LogP contribution in [-0.2, 0) is 11.2 Å². The molecule has 0 unspecified atom stereocenters. The molecule has 0 fully saturated rings. The third-order valence-electron chi connectivity index (χ3n) is 4.31. The minimum absolute atomic E-state index is 0.00822. The van der Waals surface area contributed by atoms with Crippen molar-refractivity contribution in [3.8, 4) is 11.5 Å². The minimum Gasteiger partial charge on any atom is -0.490 e. The van der Waals surface area contributed by atoms with Gasteiger partial charge in [-0.2, -0.15) is 0 Å². The molecule has 5 nitrogen and oxygen atoms in total. The summed E-state index contributed by atoms with van der Waals surface area (Å²) < 4.78 is 17.2. The Kier molecular flexibility index (Phi) is 7.84. The summed E-state index contributed by atoms with van der Waals surface area (Å²) in [6, 6.07) is 21.2. The largest absolute Gasteiger partial charge is 0.490 e. The predicted octanol–water partition coefficient (Wildman–Crippen LogP) is 5.86. The molecule has 3 rings (SSSR count). The summed E-state index contributed by atoms with van der Waals surface area (Å²) in [5.41, 5.74) is 1.60. The Bertz CT molecular complexity index is 1050. The van der Waals surface area contributed by atoms with Gasteiger partial charge >= 0.3 is 11.9 Å². The van der Waals surface area contributed by atoms with E-state index in [1.165, 1.54) is 0 Å². The smallest absolute Gasteiger partial charge is 0.343 e. The lowest BCUT2D eigenvalue weighted by Crippen LogP contribution is -2.14. The van der Waals surface area contributed by atoms with Gasteiger partial charge in [-0.3, -0.25) is 0 Å². The minimum atomic E-state index is -0.582. The molecule has 3 aromatic carbocycles. The molecular formula is C25H23BrO5. The number of hydrogen-bond donors (Lipinski definition) is 0. The van der Waals surface area contributed by atoms with E-state index in [1.807, 2.05) is 44.2 Å². The van der Waals surface area contributed by atoms with Gasteiger partial charge in [-0.15, -0.1) is 0 Å². The Balaban J connectivity index is 1.66. The van der Waals surface area contributed by atoms with E-state index >= 15 is 0 Å². The monoisotopic (exact) mass is 482 g/mol. The molecule has 0 bridgehead atoms. The molecule has 6 heteroatoms. The van der Waals surface area contributed by atoms with Crippen LogP contribution in [-0.4, -0.2) is 24.6 Å². The highest BCUT2D eigenvalue weighted by Gasteiger charge is 2.18. The van der Waals surface area contributed by atoms with Crippen LogP contribution < -0.4 is 9.47 Å². The molecule has 160 valence electrons. The quantitative estimate of drug-likeness (QED) is 0.297. The average Bonchev–Trinajstić information content (AvgIpc) is 2.76. The van der Waals surface area contributed by atoms with Crippen molar-refractivity contribution in [3.63, 3.8) is 0 Å². The van der Waals surface area contributed by atoms with Crippen LogP contribution in [0.1, 0.15) is 40.1 Å². The Labute approximate surface area is 190 Å². The Hall–Kier alpha value is -3.12. The van der Waals surface area contributed by atoms with E-state index in [4.69, 9.17) is 14.2 Å². The van der Waals surface area contributed by atoms with Crippen molar-refractivity contribution in [2.24, 2.45) is 0 Å². The van der Waals surface area contributed by atoms with Gasteiger partial charge in [0.1, 0.15) is 17.1 Å². The zero-order chi connectivity index (χ0) is 22.2. The molecule has 0 amide bonds. The third kappa shape index (κ3) is 6.43. The van der Waals surface area contributed by atoms with Crippen LogP contribution in [0, 0.1) is 0 Å². The second-order valence-electron chi connectivity index (χ2n) is 7.07. The normalized spacial score (nSPS) is 10.6.